The molecule has 0 atom stereocenters. The summed E-state index contributed by atoms with van der Waals surface area (Å²) in [5.74, 6) is -0.596. The van der Waals surface area contributed by atoms with Crippen molar-refractivity contribution in [2.75, 3.05) is 13.2 Å². The number of hydrogen-bond donors (Lipinski definition) is 2. The Balaban J connectivity index is 1.26. The minimum Gasteiger partial charge on any atom is -0.484 e. The smallest absolute Gasteiger partial charge is 0.258 e. The molecule has 0 aliphatic heterocycles. The van der Waals surface area contributed by atoms with Crippen LogP contribution in [0.2, 0.25) is 5.02 Å². The maximum atomic E-state index is 13.4. The average Bonchev–Trinajstić information content (AvgIpc) is 2.67. The Morgan fingerprint density at radius 3 is 2.60 bits per heavy atom. The molecule has 3 aliphatic carbocycles. The second-order valence-electron chi connectivity index (χ2n) is 7.75. The number of nitrogens with one attached hydrogen (secondary N) is 2. The molecular formula is C21H21ClFN3O4. The summed E-state index contributed by atoms with van der Waals surface area (Å²) >= 11 is 5.62. The van der Waals surface area contributed by atoms with E-state index in [1.807, 2.05) is 6.92 Å². The van der Waals surface area contributed by atoms with E-state index in [2.05, 4.69) is 15.6 Å². The molecule has 3 saturated carbocycles. The van der Waals surface area contributed by atoms with Gasteiger partial charge in [0.2, 0.25) is 5.88 Å². The summed E-state index contributed by atoms with van der Waals surface area (Å²) in [4.78, 5) is 28.9. The van der Waals surface area contributed by atoms with Gasteiger partial charge in [0, 0.05) is 23.3 Å². The van der Waals surface area contributed by atoms with E-state index >= 15 is 0 Å². The molecule has 5 rings (SSSR count). The Kier molecular flexibility index (Phi) is 5.27. The van der Waals surface area contributed by atoms with Crippen LogP contribution in [0.4, 0.5) is 4.39 Å². The van der Waals surface area contributed by atoms with E-state index in [1.165, 1.54) is 12.1 Å². The van der Waals surface area contributed by atoms with Gasteiger partial charge in [0.25, 0.3) is 11.8 Å². The molecule has 3 aliphatic rings. The monoisotopic (exact) mass is 433 g/mol. The van der Waals surface area contributed by atoms with Crippen LogP contribution in [0, 0.1) is 5.82 Å². The molecule has 2 amide bonds. The molecule has 0 radical (unpaired) electrons. The molecule has 1 aromatic carbocycles. The Hall–Kier alpha value is -2.87. The lowest BCUT2D eigenvalue weighted by molar-refractivity contribution is -0.141. The van der Waals surface area contributed by atoms with Gasteiger partial charge in [-0.15, -0.1) is 0 Å². The third-order valence-electron chi connectivity index (χ3n) is 5.37. The number of halogens is 2. The summed E-state index contributed by atoms with van der Waals surface area (Å²) in [7, 11) is 0. The van der Waals surface area contributed by atoms with Gasteiger partial charge in [0.05, 0.1) is 11.6 Å². The molecule has 30 heavy (non-hydrogen) atoms. The minimum atomic E-state index is -0.604. The first-order valence-corrected chi connectivity index (χ1v) is 10.0. The van der Waals surface area contributed by atoms with Crippen LogP contribution in [0.1, 0.15) is 36.5 Å². The Bertz CT molecular complexity index is 980. The molecule has 1 aromatic heterocycles. The number of ether oxygens (including phenoxy) is 2. The van der Waals surface area contributed by atoms with E-state index in [0.717, 1.165) is 6.07 Å². The number of carbonyl (C=O) groups is 2. The zero-order valence-electron chi connectivity index (χ0n) is 16.3. The summed E-state index contributed by atoms with van der Waals surface area (Å²) < 4.78 is 24.2. The van der Waals surface area contributed by atoms with Crippen molar-refractivity contribution in [3.8, 4) is 11.6 Å². The highest BCUT2D eigenvalue weighted by Gasteiger charge is 2.69. The van der Waals surface area contributed by atoms with Crippen molar-refractivity contribution in [3.63, 3.8) is 0 Å². The molecule has 7 nitrogen and oxygen atoms in total. The number of amides is 2. The number of nitrogens with zero attached hydrogens (tertiary/aromatic N) is 1. The molecule has 2 N–H and O–H groups in total. The Labute approximate surface area is 177 Å². The maximum Gasteiger partial charge on any atom is 0.258 e. The first-order valence-electron chi connectivity index (χ1n) is 9.63. The van der Waals surface area contributed by atoms with Gasteiger partial charge in [-0.25, -0.2) is 9.37 Å². The fourth-order valence-corrected chi connectivity index (χ4v) is 4.34. The highest BCUT2D eigenvalue weighted by molar-refractivity contribution is 6.30. The van der Waals surface area contributed by atoms with Crippen LogP contribution in [0.25, 0.3) is 0 Å². The molecule has 3 fully saturated rings. The third-order valence-corrected chi connectivity index (χ3v) is 5.68. The van der Waals surface area contributed by atoms with Crippen LogP contribution in [-0.4, -0.2) is 41.1 Å². The standard InChI is InChI=1S/C21H21ClFN3O4/c1-2-29-19-14(4-3-7-24-19)18(28)26-21-10-20(11-21,12-21)25-17(27)9-30-13-5-6-15(22)16(23)8-13/h3-8H,2,9-12H2,1H3,(H,25,27)(H,26,28). The van der Waals surface area contributed by atoms with Crippen LogP contribution in [0.5, 0.6) is 11.6 Å². The van der Waals surface area contributed by atoms with Gasteiger partial charge in [-0.05, 0) is 50.5 Å². The van der Waals surface area contributed by atoms with Crippen LogP contribution >= 0.6 is 11.6 Å². The van der Waals surface area contributed by atoms with Crippen molar-refractivity contribution in [1.82, 2.24) is 15.6 Å². The lowest BCUT2D eigenvalue weighted by Crippen LogP contribution is -2.84. The second kappa shape index (κ2) is 7.75. The average molecular weight is 434 g/mol. The van der Waals surface area contributed by atoms with Gasteiger partial charge in [-0.2, -0.15) is 0 Å². The second-order valence-corrected chi connectivity index (χ2v) is 8.15. The quantitative estimate of drug-likeness (QED) is 0.668. The SMILES string of the molecule is CCOc1ncccc1C(=O)NC12CC(NC(=O)COc3ccc(Cl)c(F)c3)(C1)C2. The van der Waals surface area contributed by atoms with E-state index in [9.17, 15) is 14.0 Å². The summed E-state index contributed by atoms with van der Waals surface area (Å²) in [5.41, 5.74) is -0.244. The number of hydrogen-bond acceptors (Lipinski definition) is 5. The van der Waals surface area contributed by atoms with E-state index in [4.69, 9.17) is 21.1 Å². The van der Waals surface area contributed by atoms with Crippen molar-refractivity contribution in [1.29, 1.82) is 0 Å². The first-order chi connectivity index (χ1) is 14.3. The van der Waals surface area contributed by atoms with Gasteiger partial charge in [-0.1, -0.05) is 11.6 Å². The molecule has 1 heterocycles. The summed E-state index contributed by atoms with van der Waals surface area (Å²) in [6, 6.07) is 7.37. The number of benzene rings is 1. The van der Waals surface area contributed by atoms with Gasteiger partial charge in [-0.3, -0.25) is 9.59 Å². The molecule has 2 aromatic rings. The Morgan fingerprint density at radius 2 is 1.90 bits per heavy atom. The van der Waals surface area contributed by atoms with Crippen molar-refractivity contribution in [2.24, 2.45) is 0 Å². The van der Waals surface area contributed by atoms with Crippen molar-refractivity contribution >= 4 is 23.4 Å². The van der Waals surface area contributed by atoms with Crippen LogP contribution in [0.3, 0.4) is 0 Å². The zero-order chi connectivity index (χ0) is 21.4. The van der Waals surface area contributed by atoms with E-state index in [0.29, 0.717) is 37.3 Å². The fraction of sp³-hybridized carbons (Fsp3) is 0.381. The van der Waals surface area contributed by atoms with E-state index in [-0.39, 0.29) is 40.3 Å². The van der Waals surface area contributed by atoms with Crippen LogP contribution < -0.4 is 20.1 Å². The topological polar surface area (TPSA) is 89.5 Å². The first kappa shape index (κ1) is 20.4. The van der Waals surface area contributed by atoms with Crippen molar-refractivity contribution < 1.29 is 23.5 Å². The number of rotatable bonds is 8. The normalized spacial score (nSPS) is 23.6. The predicted octanol–water partition coefficient (Wildman–Crippen LogP) is 2.87. The van der Waals surface area contributed by atoms with Gasteiger partial charge in [0.1, 0.15) is 17.1 Å². The molecule has 0 spiro atoms. The van der Waals surface area contributed by atoms with E-state index < -0.39 is 5.82 Å². The highest BCUT2D eigenvalue weighted by Crippen LogP contribution is 2.60. The summed E-state index contributed by atoms with van der Waals surface area (Å²) in [5, 5.41) is 5.99. The van der Waals surface area contributed by atoms with Crippen LogP contribution in [-0.2, 0) is 4.79 Å². The third kappa shape index (κ3) is 3.92. The predicted molar refractivity (Wildman–Crippen MR) is 107 cm³/mol. The number of pyridine rings is 1. The molecular weight excluding hydrogens is 413 g/mol. The minimum absolute atomic E-state index is 0.00678. The Morgan fingerprint density at radius 1 is 1.17 bits per heavy atom. The number of carbonyl (C=O) groups excluding carboxylic acids is 2. The molecule has 2 bridgehead atoms. The highest BCUT2D eigenvalue weighted by atomic mass is 35.5. The maximum absolute atomic E-state index is 13.4. The molecule has 0 saturated heterocycles. The summed E-state index contributed by atoms with van der Waals surface area (Å²) in [6.45, 7) is 2.02. The van der Waals surface area contributed by atoms with Gasteiger partial charge >= 0.3 is 0 Å². The van der Waals surface area contributed by atoms with Gasteiger partial charge in [0.15, 0.2) is 6.61 Å². The molecule has 158 valence electrons. The molecule has 0 unspecified atom stereocenters. The van der Waals surface area contributed by atoms with Crippen LogP contribution in [0.15, 0.2) is 36.5 Å². The number of aromatic nitrogens is 1. The lowest BCUT2D eigenvalue weighted by atomic mass is 9.44. The fourth-order valence-electron chi connectivity index (χ4n) is 4.22. The van der Waals surface area contributed by atoms with Gasteiger partial charge < -0.3 is 20.1 Å². The largest absolute Gasteiger partial charge is 0.484 e. The van der Waals surface area contributed by atoms with Crippen molar-refractivity contribution in [2.45, 2.75) is 37.3 Å². The molecule has 9 heteroatoms. The van der Waals surface area contributed by atoms with E-state index in [1.54, 1.807) is 18.3 Å². The van der Waals surface area contributed by atoms with Crippen molar-refractivity contribution in [3.05, 3.63) is 52.9 Å². The zero-order valence-corrected chi connectivity index (χ0v) is 17.1. The lowest BCUT2D eigenvalue weighted by Gasteiger charge is -2.70. The summed E-state index contributed by atoms with van der Waals surface area (Å²) in [6.07, 6.45) is 3.53.